The zero-order chi connectivity index (χ0) is 21.3. The predicted molar refractivity (Wildman–Crippen MR) is 125 cm³/mol. The number of nitrogens with zero attached hydrogens (tertiary/aromatic N) is 3. The predicted octanol–water partition coefficient (Wildman–Crippen LogP) is 1.93. The quantitative estimate of drug-likeness (QED) is 0.258. The van der Waals surface area contributed by atoms with Crippen molar-refractivity contribution in [3.8, 4) is 0 Å². The Balaban J connectivity index is 2.22. The standard InChI is InChI=1S/C18H16IN5O3S2/c1-2-9-23-13-8-7-11(19)10-12(13)16(17(23)25)22-24(18(20)28)14-5-3-4-6-15(14)29(21,26)27/h2-8,10H,1,9H2,(H2,20,28)(H2,21,26,27)/b22-16-. The van der Waals surface area contributed by atoms with Crippen LogP contribution in [0.1, 0.15) is 5.56 Å². The lowest BCUT2D eigenvalue weighted by molar-refractivity contribution is -0.112. The number of carbonyl (C=O) groups excluding carboxylic acids is 1. The molecule has 8 nitrogen and oxygen atoms in total. The first-order valence-corrected chi connectivity index (χ1v) is 11.2. The number of anilines is 2. The molecule has 2 aromatic carbocycles. The van der Waals surface area contributed by atoms with Crippen LogP contribution in [0.2, 0.25) is 0 Å². The highest BCUT2D eigenvalue weighted by Crippen LogP contribution is 2.32. The Bertz CT molecular complexity index is 1160. The fraction of sp³-hybridized carbons (Fsp3) is 0.0556. The average molecular weight is 541 g/mol. The maximum atomic E-state index is 13.0. The molecule has 0 bridgehead atoms. The topological polar surface area (TPSA) is 122 Å². The van der Waals surface area contributed by atoms with Crippen molar-refractivity contribution in [2.75, 3.05) is 16.5 Å². The Hall–Kier alpha value is -2.35. The maximum Gasteiger partial charge on any atom is 0.279 e. The van der Waals surface area contributed by atoms with Gasteiger partial charge in [-0.3, -0.25) is 4.79 Å². The van der Waals surface area contributed by atoms with Crippen molar-refractivity contribution in [1.29, 1.82) is 0 Å². The number of hydrogen-bond donors (Lipinski definition) is 2. The smallest absolute Gasteiger partial charge is 0.279 e. The summed E-state index contributed by atoms with van der Waals surface area (Å²) in [5.41, 5.74) is 7.20. The minimum atomic E-state index is -4.08. The summed E-state index contributed by atoms with van der Waals surface area (Å²) in [6.07, 6.45) is 1.60. The first-order chi connectivity index (χ1) is 13.6. The minimum absolute atomic E-state index is 0.0529. The van der Waals surface area contributed by atoms with Crippen molar-refractivity contribution < 1.29 is 13.2 Å². The third kappa shape index (κ3) is 4.17. The second kappa shape index (κ2) is 8.18. The van der Waals surface area contributed by atoms with Crippen LogP contribution < -0.4 is 20.8 Å². The summed E-state index contributed by atoms with van der Waals surface area (Å²) < 4.78 is 24.9. The highest BCUT2D eigenvalue weighted by Gasteiger charge is 2.35. The largest absolute Gasteiger partial charge is 0.374 e. The van der Waals surface area contributed by atoms with Crippen LogP contribution in [-0.4, -0.2) is 31.7 Å². The van der Waals surface area contributed by atoms with Gasteiger partial charge in [0.1, 0.15) is 4.90 Å². The fourth-order valence-corrected chi connectivity index (χ4v) is 4.23. The molecule has 29 heavy (non-hydrogen) atoms. The van der Waals surface area contributed by atoms with Gasteiger partial charge in [-0.15, -0.1) is 6.58 Å². The monoisotopic (exact) mass is 541 g/mol. The molecule has 1 amide bonds. The number of benzene rings is 2. The Morgan fingerprint density at radius 1 is 1.31 bits per heavy atom. The molecule has 0 aromatic heterocycles. The van der Waals surface area contributed by atoms with Crippen LogP contribution in [0.5, 0.6) is 0 Å². The molecule has 11 heteroatoms. The number of carbonyl (C=O) groups is 1. The molecular formula is C18H16IN5O3S2. The van der Waals surface area contributed by atoms with E-state index in [1.807, 2.05) is 12.1 Å². The van der Waals surface area contributed by atoms with Crippen LogP contribution in [0, 0.1) is 3.57 Å². The van der Waals surface area contributed by atoms with Crippen LogP contribution in [0.15, 0.2) is 65.1 Å². The lowest BCUT2D eigenvalue weighted by atomic mass is 10.1. The van der Waals surface area contributed by atoms with Gasteiger partial charge in [0.15, 0.2) is 10.8 Å². The summed E-state index contributed by atoms with van der Waals surface area (Å²) in [6.45, 7) is 3.97. The first kappa shape index (κ1) is 21.4. The number of sulfonamides is 1. The van der Waals surface area contributed by atoms with E-state index in [9.17, 15) is 13.2 Å². The van der Waals surface area contributed by atoms with Gasteiger partial charge in [-0.05, 0) is 65.1 Å². The van der Waals surface area contributed by atoms with Crippen molar-refractivity contribution in [3.63, 3.8) is 0 Å². The van der Waals surface area contributed by atoms with Crippen LogP contribution >= 0.6 is 34.8 Å². The molecule has 0 saturated carbocycles. The van der Waals surface area contributed by atoms with E-state index in [2.05, 4.69) is 34.3 Å². The third-order valence-electron chi connectivity index (χ3n) is 4.07. The first-order valence-electron chi connectivity index (χ1n) is 8.18. The van der Waals surface area contributed by atoms with E-state index in [-0.39, 0.29) is 33.9 Å². The molecule has 4 N–H and O–H groups in total. The third-order valence-corrected chi connectivity index (χ3v) is 5.87. The molecule has 0 radical (unpaired) electrons. The zero-order valence-electron chi connectivity index (χ0n) is 14.9. The van der Waals surface area contributed by atoms with Gasteiger partial charge in [0.2, 0.25) is 10.0 Å². The molecule has 0 spiro atoms. The summed E-state index contributed by atoms with van der Waals surface area (Å²) in [5.74, 6) is -0.378. The van der Waals surface area contributed by atoms with Gasteiger partial charge in [-0.1, -0.05) is 18.2 Å². The van der Waals surface area contributed by atoms with E-state index in [4.69, 9.17) is 23.1 Å². The number of nitrogens with two attached hydrogens (primary N) is 2. The maximum absolute atomic E-state index is 13.0. The van der Waals surface area contributed by atoms with Gasteiger partial charge in [0, 0.05) is 15.7 Å². The van der Waals surface area contributed by atoms with Crippen molar-refractivity contribution in [2.24, 2.45) is 16.0 Å². The molecule has 150 valence electrons. The van der Waals surface area contributed by atoms with Gasteiger partial charge in [-0.25, -0.2) is 18.6 Å². The molecule has 3 rings (SSSR count). The number of fused-ring (bicyclic) bond motifs is 1. The van der Waals surface area contributed by atoms with Crippen LogP contribution in [0.3, 0.4) is 0 Å². The van der Waals surface area contributed by atoms with E-state index < -0.39 is 10.0 Å². The summed E-state index contributed by atoms with van der Waals surface area (Å²) in [7, 11) is -4.08. The fourth-order valence-electron chi connectivity index (χ4n) is 2.89. The number of hydrogen-bond acceptors (Lipinski definition) is 5. The Labute approximate surface area is 187 Å². The number of hydrazone groups is 1. The summed E-state index contributed by atoms with van der Waals surface area (Å²) in [5, 5.41) is 10.5. The van der Waals surface area contributed by atoms with Gasteiger partial charge >= 0.3 is 0 Å². The summed E-state index contributed by atoms with van der Waals surface area (Å²) in [6, 6.07) is 11.4. The molecule has 2 aromatic rings. The van der Waals surface area contributed by atoms with Gasteiger partial charge in [0.05, 0.1) is 11.4 Å². The SMILES string of the molecule is C=CCN1C(=O)/C(=N\N(C(N)=S)c2ccccc2S(N)(=O)=O)c2cc(I)ccc21. The number of primary sulfonamides is 1. The molecule has 0 unspecified atom stereocenters. The summed E-state index contributed by atoms with van der Waals surface area (Å²) in [4.78, 5) is 14.3. The summed E-state index contributed by atoms with van der Waals surface area (Å²) >= 11 is 7.21. The average Bonchev–Trinajstić information content (AvgIpc) is 2.90. The van der Waals surface area contributed by atoms with Crippen LogP contribution in [-0.2, 0) is 14.8 Å². The van der Waals surface area contributed by atoms with Gasteiger partial charge < -0.3 is 10.6 Å². The molecule has 0 saturated heterocycles. The van der Waals surface area contributed by atoms with Crippen molar-refractivity contribution in [3.05, 3.63) is 64.3 Å². The molecule has 1 heterocycles. The molecule has 1 aliphatic rings. The molecular weight excluding hydrogens is 525 g/mol. The van der Waals surface area contributed by atoms with Crippen molar-refractivity contribution in [1.82, 2.24) is 0 Å². The molecule has 0 aliphatic carbocycles. The van der Waals surface area contributed by atoms with Crippen molar-refractivity contribution >= 4 is 72.9 Å². The number of para-hydroxylation sites is 1. The normalized spacial score (nSPS) is 14.8. The van der Waals surface area contributed by atoms with E-state index in [1.165, 1.54) is 23.1 Å². The Kier molecular flexibility index (Phi) is 6.03. The van der Waals surface area contributed by atoms with Crippen LogP contribution in [0.25, 0.3) is 0 Å². The highest BCUT2D eigenvalue weighted by atomic mass is 127. The lowest BCUT2D eigenvalue weighted by Gasteiger charge is -2.20. The van der Waals surface area contributed by atoms with E-state index in [1.54, 1.807) is 18.2 Å². The second-order valence-corrected chi connectivity index (χ2v) is 9.17. The minimum Gasteiger partial charge on any atom is -0.374 e. The molecule has 0 fully saturated rings. The number of halogens is 1. The number of amides is 1. The van der Waals surface area contributed by atoms with Crippen molar-refractivity contribution in [2.45, 2.75) is 4.90 Å². The molecule has 0 atom stereocenters. The second-order valence-electron chi connectivity index (χ2n) is 5.98. The van der Waals surface area contributed by atoms with E-state index >= 15 is 0 Å². The Morgan fingerprint density at radius 3 is 2.62 bits per heavy atom. The number of rotatable bonds is 5. The van der Waals surface area contributed by atoms with Crippen LogP contribution in [0.4, 0.5) is 11.4 Å². The number of thiocarbonyl (C=S) groups is 1. The van der Waals surface area contributed by atoms with E-state index in [0.717, 1.165) is 8.58 Å². The Morgan fingerprint density at radius 2 is 2.00 bits per heavy atom. The molecule has 1 aliphatic heterocycles. The van der Waals surface area contributed by atoms with E-state index in [0.29, 0.717) is 11.3 Å². The van der Waals surface area contributed by atoms with Gasteiger partial charge in [0.25, 0.3) is 5.91 Å². The van der Waals surface area contributed by atoms with Gasteiger partial charge in [-0.2, -0.15) is 5.10 Å². The highest BCUT2D eigenvalue weighted by molar-refractivity contribution is 14.1. The lowest BCUT2D eigenvalue weighted by Crippen LogP contribution is -2.36. The zero-order valence-corrected chi connectivity index (χ0v) is 18.7.